The molecule has 6 N–H and O–H groups in total. The quantitative estimate of drug-likeness (QED) is 0.247. The van der Waals surface area contributed by atoms with E-state index in [1.165, 1.54) is 0 Å². The average Bonchev–Trinajstić information content (AvgIpc) is 2.83. The molecule has 0 bridgehead atoms. The fraction of sp³-hybridized carbons (Fsp3) is 0.0714. The molecule has 4 aromatic carbocycles. The highest BCUT2D eigenvalue weighted by Gasteiger charge is 2.11. The van der Waals surface area contributed by atoms with E-state index in [0.29, 0.717) is 22.5 Å². The summed E-state index contributed by atoms with van der Waals surface area (Å²) >= 11 is 1.61. The molecule has 0 heterocycles. The minimum absolute atomic E-state index is 0.180. The molecule has 0 saturated heterocycles. The topological polar surface area (TPSA) is 110 Å². The fourth-order valence-electron chi connectivity index (χ4n) is 3.47. The summed E-state index contributed by atoms with van der Waals surface area (Å²) in [5.41, 5.74) is 17.2. The van der Waals surface area contributed by atoms with Crippen molar-refractivity contribution in [2.45, 2.75) is 23.6 Å². The molecule has 7 heteroatoms. The minimum Gasteiger partial charge on any atom is -0.399 e. The van der Waals surface area contributed by atoms with Crippen LogP contribution < -0.4 is 22.1 Å². The van der Waals surface area contributed by atoms with Crippen LogP contribution in [-0.4, -0.2) is 11.8 Å². The van der Waals surface area contributed by atoms with Gasteiger partial charge in [0.2, 0.25) is 0 Å². The Hall–Kier alpha value is -4.23. The molecule has 0 saturated carbocycles. The van der Waals surface area contributed by atoms with Gasteiger partial charge in [0.1, 0.15) is 0 Å². The maximum absolute atomic E-state index is 12.5. The van der Waals surface area contributed by atoms with Gasteiger partial charge in [-0.15, -0.1) is 0 Å². The van der Waals surface area contributed by atoms with Crippen LogP contribution in [0.25, 0.3) is 0 Å². The predicted molar refractivity (Wildman–Crippen MR) is 144 cm³/mol. The van der Waals surface area contributed by atoms with Crippen molar-refractivity contribution in [3.8, 4) is 0 Å². The summed E-state index contributed by atoms with van der Waals surface area (Å²) in [6.07, 6.45) is 0. The second-order valence-electron chi connectivity index (χ2n) is 8.21. The molecule has 0 aliphatic heterocycles. The van der Waals surface area contributed by atoms with E-state index in [0.717, 1.165) is 32.3 Å². The number of hydrogen-bond acceptors (Lipinski definition) is 5. The average molecular weight is 483 g/mol. The number of carbonyl (C=O) groups is 2. The molecule has 2 amide bonds. The first kappa shape index (κ1) is 23.9. The summed E-state index contributed by atoms with van der Waals surface area (Å²) in [5.74, 6) is -0.360. The number of benzene rings is 4. The van der Waals surface area contributed by atoms with Gasteiger partial charge in [0.25, 0.3) is 11.8 Å². The minimum atomic E-state index is -0.180. The Bertz CT molecular complexity index is 1280. The van der Waals surface area contributed by atoms with E-state index in [1.54, 1.807) is 60.3 Å². The van der Waals surface area contributed by atoms with Crippen LogP contribution in [0.5, 0.6) is 0 Å². The number of carbonyl (C=O) groups excluding carboxylic acids is 2. The number of anilines is 4. The van der Waals surface area contributed by atoms with Gasteiger partial charge in [-0.2, -0.15) is 0 Å². The number of nitrogens with one attached hydrogen (secondary N) is 2. The van der Waals surface area contributed by atoms with E-state index in [4.69, 9.17) is 11.5 Å². The standard InChI is InChI=1S/C28H26N4O2S/c1-17-15-23(11-13-25(17)31-27(33)19-3-7-21(29)8-4-19)35-24-12-14-26(18(2)16-24)32-28(34)20-5-9-22(30)10-6-20/h3-16H,29-30H2,1-2H3,(H,31,33)(H,32,34). The number of aryl methyl sites for hydroxylation is 2. The molecule has 0 atom stereocenters. The van der Waals surface area contributed by atoms with E-state index in [-0.39, 0.29) is 11.8 Å². The third-order valence-corrected chi connectivity index (χ3v) is 6.45. The normalized spacial score (nSPS) is 10.6. The Kier molecular flexibility index (Phi) is 7.08. The third kappa shape index (κ3) is 6.02. The molecule has 6 nitrogen and oxygen atoms in total. The Morgan fingerprint density at radius 1 is 0.600 bits per heavy atom. The zero-order chi connectivity index (χ0) is 24.9. The van der Waals surface area contributed by atoms with Crippen molar-refractivity contribution in [3.63, 3.8) is 0 Å². The number of nitrogen functional groups attached to an aromatic ring is 2. The second-order valence-corrected chi connectivity index (χ2v) is 9.35. The van der Waals surface area contributed by atoms with Gasteiger partial charge in [-0.3, -0.25) is 9.59 Å². The molecule has 4 rings (SSSR count). The van der Waals surface area contributed by atoms with Crippen LogP contribution >= 0.6 is 11.8 Å². The second kappa shape index (κ2) is 10.4. The van der Waals surface area contributed by atoms with E-state index in [2.05, 4.69) is 10.6 Å². The van der Waals surface area contributed by atoms with E-state index in [9.17, 15) is 9.59 Å². The van der Waals surface area contributed by atoms with Crippen LogP contribution in [0, 0.1) is 13.8 Å². The van der Waals surface area contributed by atoms with Crippen LogP contribution in [0.1, 0.15) is 31.8 Å². The van der Waals surface area contributed by atoms with Gasteiger partial charge >= 0.3 is 0 Å². The van der Waals surface area contributed by atoms with Crippen molar-refractivity contribution in [2.75, 3.05) is 22.1 Å². The molecule has 0 fully saturated rings. The molecule has 0 aliphatic carbocycles. The summed E-state index contributed by atoms with van der Waals surface area (Å²) in [4.78, 5) is 27.1. The maximum Gasteiger partial charge on any atom is 0.255 e. The maximum atomic E-state index is 12.5. The lowest BCUT2D eigenvalue weighted by atomic mass is 10.1. The van der Waals surface area contributed by atoms with Crippen molar-refractivity contribution in [2.24, 2.45) is 0 Å². The molecule has 0 spiro atoms. The van der Waals surface area contributed by atoms with E-state index >= 15 is 0 Å². The van der Waals surface area contributed by atoms with Crippen LogP contribution in [0.2, 0.25) is 0 Å². The number of hydrogen-bond donors (Lipinski definition) is 4. The molecule has 0 aliphatic rings. The van der Waals surface area contributed by atoms with Crippen LogP contribution in [-0.2, 0) is 0 Å². The smallest absolute Gasteiger partial charge is 0.255 e. The molecular formula is C28H26N4O2S. The molecule has 4 aromatic rings. The van der Waals surface area contributed by atoms with Gasteiger partial charge in [0.05, 0.1) is 0 Å². The van der Waals surface area contributed by atoms with Gasteiger partial charge in [0.15, 0.2) is 0 Å². The molecule has 0 unspecified atom stereocenters. The van der Waals surface area contributed by atoms with Gasteiger partial charge in [-0.25, -0.2) is 0 Å². The molecular weight excluding hydrogens is 456 g/mol. The number of nitrogens with two attached hydrogens (primary N) is 2. The van der Waals surface area contributed by atoms with Crippen molar-refractivity contribution in [1.82, 2.24) is 0 Å². The van der Waals surface area contributed by atoms with Crippen LogP contribution in [0.15, 0.2) is 94.7 Å². The summed E-state index contributed by atoms with van der Waals surface area (Å²) < 4.78 is 0. The predicted octanol–water partition coefficient (Wildman–Crippen LogP) is 6.12. The molecule has 0 aromatic heterocycles. The Balaban J connectivity index is 1.41. The summed E-state index contributed by atoms with van der Waals surface area (Å²) in [5, 5.41) is 5.90. The monoisotopic (exact) mass is 482 g/mol. The SMILES string of the molecule is Cc1cc(Sc2ccc(NC(=O)c3ccc(N)cc3)c(C)c2)ccc1NC(=O)c1ccc(N)cc1. The zero-order valence-electron chi connectivity index (χ0n) is 19.5. The molecule has 35 heavy (non-hydrogen) atoms. The highest BCUT2D eigenvalue weighted by molar-refractivity contribution is 7.99. The van der Waals surface area contributed by atoms with Crippen LogP contribution in [0.4, 0.5) is 22.7 Å². The molecule has 176 valence electrons. The lowest BCUT2D eigenvalue weighted by Gasteiger charge is -2.12. The van der Waals surface area contributed by atoms with E-state index < -0.39 is 0 Å². The zero-order valence-corrected chi connectivity index (χ0v) is 20.3. The highest BCUT2D eigenvalue weighted by Crippen LogP contribution is 2.32. The first-order valence-corrected chi connectivity index (χ1v) is 11.8. The van der Waals surface area contributed by atoms with Crippen molar-refractivity contribution in [1.29, 1.82) is 0 Å². The lowest BCUT2D eigenvalue weighted by Crippen LogP contribution is -2.12. The first-order chi connectivity index (χ1) is 16.8. The van der Waals surface area contributed by atoms with Crippen molar-refractivity contribution < 1.29 is 9.59 Å². The number of amides is 2. The van der Waals surface area contributed by atoms with Gasteiger partial charge in [0, 0.05) is 43.7 Å². The Morgan fingerprint density at radius 3 is 1.31 bits per heavy atom. The summed E-state index contributed by atoms with van der Waals surface area (Å²) in [6.45, 7) is 3.92. The fourth-order valence-corrected chi connectivity index (χ4v) is 4.49. The summed E-state index contributed by atoms with van der Waals surface area (Å²) in [7, 11) is 0. The highest BCUT2D eigenvalue weighted by atomic mass is 32.2. The van der Waals surface area contributed by atoms with Gasteiger partial charge in [-0.05, 0) is 110 Å². The summed E-state index contributed by atoms with van der Waals surface area (Å²) in [6, 6.07) is 25.5. The third-order valence-electron chi connectivity index (χ3n) is 5.47. The lowest BCUT2D eigenvalue weighted by molar-refractivity contribution is 0.101. The first-order valence-electron chi connectivity index (χ1n) is 11.0. The Labute approximate surface area is 208 Å². The van der Waals surface area contributed by atoms with Crippen LogP contribution in [0.3, 0.4) is 0 Å². The Morgan fingerprint density at radius 2 is 0.971 bits per heavy atom. The number of rotatable bonds is 6. The van der Waals surface area contributed by atoms with Gasteiger partial charge in [-0.1, -0.05) is 11.8 Å². The van der Waals surface area contributed by atoms with Crippen molar-refractivity contribution in [3.05, 3.63) is 107 Å². The largest absolute Gasteiger partial charge is 0.399 e. The van der Waals surface area contributed by atoms with Gasteiger partial charge < -0.3 is 22.1 Å². The van der Waals surface area contributed by atoms with Crippen molar-refractivity contribution >= 4 is 46.3 Å². The van der Waals surface area contributed by atoms with E-state index in [1.807, 2.05) is 50.2 Å². The molecule has 0 radical (unpaired) electrons.